The van der Waals surface area contributed by atoms with Gasteiger partial charge in [-0.05, 0) is 6.92 Å². The van der Waals surface area contributed by atoms with Crippen molar-refractivity contribution in [3.05, 3.63) is 9.93 Å². The Labute approximate surface area is 112 Å². The first kappa shape index (κ1) is 13.4. The maximum Gasteiger partial charge on any atom is 0.354 e. The molecule has 2 aliphatic rings. The van der Waals surface area contributed by atoms with Crippen LogP contribution in [0, 0.1) is 0 Å². The number of ether oxygens (including phenoxy) is 1. The smallest absolute Gasteiger partial charge is 0.354 e. The molecule has 2 heterocycles. The summed E-state index contributed by atoms with van der Waals surface area (Å²) in [4.78, 5) is 35.0. The van der Waals surface area contributed by atoms with Gasteiger partial charge in [0.2, 0.25) is 0 Å². The van der Waals surface area contributed by atoms with Crippen LogP contribution in [0.3, 0.4) is 0 Å². The lowest BCUT2D eigenvalue weighted by Crippen LogP contribution is -2.61. The fourth-order valence-electron chi connectivity index (χ4n) is 1.73. The van der Waals surface area contributed by atoms with Gasteiger partial charge in [-0.1, -0.05) is 11.8 Å². The van der Waals surface area contributed by atoms with Crippen molar-refractivity contribution in [2.75, 3.05) is 12.9 Å². The number of carbonyl (C=O) groups is 3. The second kappa shape index (κ2) is 4.94. The second-order valence-electron chi connectivity index (χ2n) is 3.80. The molecule has 1 amide bonds. The van der Waals surface area contributed by atoms with Gasteiger partial charge in [0.05, 0.1) is 9.99 Å². The molecule has 8 heteroatoms. The Morgan fingerprint density at radius 1 is 1.56 bits per heavy atom. The summed E-state index contributed by atoms with van der Waals surface area (Å²) in [5.74, 6) is -1.34. The summed E-state index contributed by atoms with van der Waals surface area (Å²) in [7, 11) is 1.42. The average molecular weight is 289 g/mol. The first-order chi connectivity index (χ1) is 8.47. The molecule has 0 aromatic rings. The molecule has 1 N–H and O–H groups in total. The third-order valence-electron chi connectivity index (χ3n) is 2.52. The number of hydrogen-bond acceptors (Lipinski definition) is 6. The molecule has 2 rings (SSSR count). The quantitative estimate of drug-likeness (QED) is 0.737. The number of thioether (sulfide) groups is 2. The van der Waals surface area contributed by atoms with Crippen LogP contribution in [0.1, 0.15) is 6.92 Å². The SMILES string of the molecule is COC1C(=O)N2C(C(=O)O)=C(SCC(C)=O)S[C@@H]12. The molecule has 1 unspecified atom stereocenters. The number of β-lactam (4-membered cyclic amide) rings is 1. The van der Waals surface area contributed by atoms with Crippen molar-refractivity contribution < 1.29 is 24.2 Å². The van der Waals surface area contributed by atoms with E-state index in [0.717, 1.165) is 11.8 Å². The Kier molecular flexibility index (Phi) is 3.69. The van der Waals surface area contributed by atoms with Crippen LogP contribution in [0.15, 0.2) is 9.93 Å². The van der Waals surface area contributed by atoms with Gasteiger partial charge in [0.25, 0.3) is 5.91 Å². The minimum atomic E-state index is -1.15. The molecule has 0 aromatic heterocycles. The number of methoxy groups -OCH3 is 1. The average Bonchev–Trinajstić information content (AvgIpc) is 2.62. The molecule has 0 radical (unpaired) electrons. The molecule has 0 spiro atoms. The van der Waals surface area contributed by atoms with E-state index in [-0.39, 0.29) is 28.5 Å². The van der Waals surface area contributed by atoms with E-state index in [9.17, 15) is 14.4 Å². The van der Waals surface area contributed by atoms with Crippen LogP contribution in [-0.2, 0) is 19.1 Å². The molecule has 0 aromatic carbocycles. The summed E-state index contributed by atoms with van der Waals surface area (Å²) < 4.78 is 5.50. The van der Waals surface area contributed by atoms with Crippen LogP contribution >= 0.6 is 23.5 Å². The largest absolute Gasteiger partial charge is 0.477 e. The van der Waals surface area contributed by atoms with E-state index >= 15 is 0 Å². The number of rotatable bonds is 5. The highest BCUT2D eigenvalue weighted by atomic mass is 32.2. The van der Waals surface area contributed by atoms with Crippen LogP contribution in [0.4, 0.5) is 0 Å². The van der Waals surface area contributed by atoms with Gasteiger partial charge in [-0.15, -0.1) is 11.8 Å². The fourth-order valence-corrected chi connectivity index (χ4v) is 4.31. The van der Waals surface area contributed by atoms with Gasteiger partial charge in [0.15, 0.2) is 11.8 Å². The third kappa shape index (κ3) is 2.04. The first-order valence-electron chi connectivity index (χ1n) is 5.09. The van der Waals surface area contributed by atoms with Crippen molar-refractivity contribution in [3.63, 3.8) is 0 Å². The lowest BCUT2D eigenvalue weighted by atomic mass is 10.1. The Morgan fingerprint density at radius 3 is 2.72 bits per heavy atom. The summed E-state index contributed by atoms with van der Waals surface area (Å²) in [6.07, 6.45) is -0.597. The first-order valence-corrected chi connectivity index (χ1v) is 6.96. The molecule has 2 aliphatic heterocycles. The van der Waals surface area contributed by atoms with Crippen molar-refractivity contribution in [2.24, 2.45) is 0 Å². The van der Waals surface area contributed by atoms with Crippen molar-refractivity contribution in [3.8, 4) is 0 Å². The van der Waals surface area contributed by atoms with E-state index in [4.69, 9.17) is 9.84 Å². The summed E-state index contributed by atoms with van der Waals surface area (Å²) in [5.41, 5.74) is -0.0328. The molecule has 0 saturated carbocycles. The summed E-state index contributed by atoms with van der Waals surface area (Å²) >= 11 is 2.42. The summed E-state index contributed by atoms with van der Waals surface area (Å²) in [6.45, 7) is 1.44. The number of nitrogens with zero attached hydrogens (tertiary/aromatic N) is 1. The second-order valence-corrected chi connectivity index (χ2v) is 6.18. The van der Waals surface area contributed by atoms with Gasteiger partial charge in [-0.25, -0.2) is 4.79 Å². The highest BCUT2D eigenvalue weighted by Gasteiger charge is 2.56. The number of ketones is 1. The molecule has 6 nitrogen and oxygen atoms in total. The molecule has 0 aliphatic carbocycles. The topological polar surface area (TPSA) is 83.9 Å². The summed E-state index contributed by atoms with van der Waals surface area (Å²) in [5, 5.41) is 8.83. The molecule has 0 bridgehead atoms. The van der Waals surface area contributed by atoms with Gasteiger partial charge in [-0.3, -0.25) is 14.5 Å². The molecular formula is C10H11NO5S2. The van der Waals surface area contributed by atoms with E-state index < -0.39 is 12.1 Å². The lowest BCUT2D eigenvalue weighted by Gasteiger charge is -2.40. The Hall–Kier alpha value is -0.990. The van der Waals surface area contributed by atoms with E-state index in [1.807, 2.05) is 0 Å². The maximum atomic E-state index is 11.7. The molecule has 98 valence electrons. The Balaban J connectivity index is 2.20. The zero-order valence-electron chi connectivity index (χ0n) is 9.71. The number of fused-ring (bicyclic) bond motifs is 1. The van der Waals surface area contributed by atoms with Gasteiger partial charge in [-0.2, -0.15) is 0 Å². The minimum absolute atomic E-state index is 0.0328. The molecule has 2 atom stereocenters. The zero-order valence-corrected chi connectivity index (χ0v) is 11.3. The molecular weight excluding hydrogens is 278 g/mol. The molecule has 18 heavy (non-hydrogen) atoms. The predicted octanol–water partition coefficient (Wildman–Crippen LogP) is 0.492. The predicted molar refractivity (Wildman–Crippen MR) is 66.8 cm³/mol. The number of amides is 1. The number of carboxylic acids is 1. The van der Waals surface area contributed by atoms with Gasteiger partial charge >= 0.3 is 5.97 Å². The third-order valence-corrected chi connectivity index (χ3v) is 5.27. The monoisotopic (exact) mass is 289 g/mol. The van der Waals surface area contributed by atoms with Crippen molar-refractivity contribution in [1.82, 2.24) is 4.90 Å². The van der Waals surface area contributed by atoms with Gasteiger partial charge in [0.1, 0.15) is 11.2 Å². The van der Waals surface area contributed by atoms with Crippen LogP contribution in [0.2, 0.25) is 0 Å². The Bertz CT molecular complexity index is 461. The van der Waals surface area contributed by atoms with E-state index in [1.54, 1.807) is 0 Å². The lowest BCUT2D eigenvalue weighted by molar-refractivity contribution is -0.161. The van der Waals surface area contributed by atoms with Crippen LogP contribution in [0.25, 0.3) is 0 Å². The van der Waals surface area contributed by atoms with Crippen molar-refractivity contribution in [2.45, 2.75) is 18.4 Å². The van der Waals surface area contributed by atoms with Crippen molar-refractivity contribution in [1.29, 1.82) is 0 Å². The highest BCUT2D eigenvalue weighted by Crippen LogP contribution is 2.51. The molecule has 1 saturated heterocycles. The number of hydrogen-bond donors (Lipinski definition) is 1. The standard InChI is InChI=1S/C10H11NO5S2/c1-4(12)3-17-10-5(9(14)15)11-7(13)6(16-2)8(11)18-10/h6,8H,3H2,1-2H3,(H,14,15)/t6?,8-/m0/s1. The Morgan fingerprint density at radius 2 is 2.22 bits per heavy atom. The summed E-state index contributed by atoms with van der Waals surface area (Å²) in [6, 6.07) is 0. The number of aliphatic carboxylic acids is 1. The normalized spacial score (nSPS) is 26.1. The van der Waals surface area contributed by atoms with E-state index in [0.29, 0.717) is 4.24 Å². The fraction of sp³-hybridized carbons (Fsp3) is 0.500. The van der Waals surface area contributed by atoms with Gasteiger partial charge in [0, 0.05) is 7.11 Å². The minimum Gasteiger partial charge on any atom is -0.477 e. The van der Waals surface area contributed by atoms with Crippen LogP contribution in [-0.4, -0.2) is 52.0 Å². The highest BCUT2D eigenvalue weighted by molar-refractivity contribution is 8.23. The molecule has 1 fully saturated rings. The number of Topliss-reactive ketones (excluding diaryl/α,β-unsaturated/α-hetero) is 1. The van der Waals surface area contributed by atoms with Crippen LogP contribution in [0.5, 0.6) is 0 Å². The van der Waals surface area contributed by atoms with Gasteiger partial charge < -0.3 is 9.84 Å². The van der Waals surface area contributed by atoms with E-state index in [2.05, 4.69) is 0 Å². The van der Waals surface area contributed by atoms with Crippen molar-refractivity contribution >= 4 is 41.2 Å². The number of carboxylic acid groups (broad SMARTS) is 1. The van der Waals surface area contributed by atoms with E-state index in [1.165, 1.54) is 30.7 Å². The zero-order chi connectivity index (χ0) is 13.4. The number of carbonyl (C=O) groups excluding carboxylic acids is 2. The maximum absolute atomic E-state index is 11.7. The van der Waals surface area contributed by atoms with Crippen LogP contribution < -0.4 is 0 Å².